The summed E-state index contributed by atoms with van der Waals surface area (Å²) in [5.41, 5.74) is 7.28. The van der Waals surface area contributed by atoms with Crippen molar-refractivity contribution in [2.75, 3.05) is 5.73 Å². The average molecular weight is 273 g/mol. The molecule has 0 fully saturated rings. The Kier molecular flexibility index (Phi) is 2.53. The molecule has 0 saturated carbocycles. The van der Waals surface area contributed by atoms with Crippen LogP contribution < -0.4 is 5.73 Å². The fraction of sp³-hybridized carbons (Fsp3) is 0. The lowest BCUT2D eigenvalue weighted by molar-refractivity contribution is 0.589. The molecule has 0 bridgehead atoms. The van der Waals surface area contributed by atoms with Crippen LogP contribution in [-0.4, -0.2) is 17.4 Å². The van der Waals surface area contributed by atoms with Crippen LogP contribution in [0.1, 0.15) is 0 Å². The number of anilines is 1. The van der Waals surface area contributed by atoms with Crippen molar-refractivity contribution in [3.63, 3.8) is 0 Å². The fourth-order valence-electron chi connectivity index (χ4n) is 1.88. The Balaban J connectivity index is 2.22. The Hall–Kier alpha value is -2.34. The molecular weight excluding hydrogens is 262 g/mol. The molecule has 6 heteroatoms. The van der Waals surface area contributed by atoms with Crippen LogP contribution in [0.25, 0.3) is 11.0 Å². The van der Waals surface area contributed by atoms with E-state index in [2.05, 4.69) is 4.98 Å². The van der Waals surface area contributed by atoms with Gasteiger partial charge in [-0.25, -0.2) is 17.4 Å². The second kappa shape index (κ2) is 4.10. The lowest BCUT2D eigenvalue weighted by atomic mass is 10.3. The van der Waals surface area contributed by atoms with Gasteiger partial charge in [-0.1, -0.05) is 12.1 Å². The molecule has 96 valence electrons. The monoisotopic (exact) mass is 273 g/mol. The second-order valence-electron chi connectivity index (χ2n) is 4.10. The first-order valence-corrected chi connectivity index (χ1v) is 7.06. The van der Waals surface area contributed by atoms with Crippen molar-refractivity contribution < 1.29 is 8.42 Å². The largest absolute Gasteiger partial charge is 0.399 e. The molecule has 0 unspecified atom stereocenters. The van der Waals surface area contributed by atoms with Crippen LogP contribution in [-0.2, 0) is 10.0 Å². The SMILES string of the molecule is Nc1ccc(S(=O)(=O)n2cnc3ccccc32)cc1. The minimum Gasteiger partial charge on any atom is -0.399 e. The molecule has 3 aromatic rings. The van der Waals surface area contributed by atoms with Gasteiger partial charge in [-0.05, 0) is 36.4 Å². The lowest BCUT2D eigenvalue weighted by Gasteiger charge is -2.06. The van der Waals surface area contributed by atoms with Crippen molar-refractivity contribution in [1.29, 1.82) is 0 Å². The Morgan fingerprint density at radius 2 is 1.68 bits per heavy atom. The van der Waals surface area contributed by atoms with Gasteiger partial charge in [0.2, 0.25) is 0 Å². The van der Waals surface area contributed by atoms with Gasteiger partial charge in [-0.15, -0.1) is 0 Å². The third kappa shape index (κ3) is 1.86. The molecule has 0 amide bonds. The maximum atomic E-state index is 12.5. The number of aromatic nitrogens is 2. The Morgan fingerprint density at radius 1 is 1.00 bits per heavy atom. The van der Waals surface area contributed by atoms with Gasteiger partial charge in [0.15, 0.2) is 0 Å². The fourth-order valence-corrected chi connectivity index (χ4v) is 3.17. The molecule has 0 atom stereocenters. The summed E-state index contributed by atoms with van der Waals surface area (Å²) in [5, 5.41) is 0. The normalized spacial score (nSPS) is 11.8. The second-order valence-corrected chi connectivity index (χ2v) is 5.92. The summed E-state index contributed by atoms with van der Waals surface area (Å²) in [6.07, 6.45) is 1.32. The predicted molar refractivity (Wildman–Crippen MR) is 73.2 cm³/mol. The lowest BCUT2D eigenvalue weighted by Crippen LogP contribution is -2.11. The van der Waals surface area contributed by atoms with Gasteiger partial charge < -0.3 is 5.73 Å². The molecule has 0 radical (unpaired) electrons. The molecule has 0 aliphatic heterocycles. The number of nitrogens with zero attached hydrogens (tertiary/aromatic N) is 2. The van der Waals surface area contributed by atoms with E-state index in [1.165, 1.54) is 22.4 Å². The zero-order chi connectivity index (χ0) is 13.5. The number of nitrogen functional groups attached to an aromatic ring is 1. The number of rotatable bonds is 2. The summed E-state index contributed by atoms with van der Waals surface area (Å²) in [5.74, 6) is 0. The molecule has 0 aliphatic carbocycles. The molecule has 0 spiro atoms. The summed E-state index contributed by atoms with van der Waals surface area (Å²) in [6.45, 7) is 0. The molecule has 2 N–H and O–H groups in total. The van der Waals surface area contributed by atoms with Crippen LogP contribution in [0.5, 0.6) is 0 Å². The van der Waals surface area contributed by atoms with Crippen molar-refractivity contribution in [1.82, 2.24) is 8.96 Å². The van der Waals surface area contributed by atoms with Crippen molar-refractivity contribution in [2.24, 2.45) is 0 Å². The third-order valence-electron chi connectivity index (χ3n) is 2.86. The van der Waals surface area contributed by atoms with Crippen LogP contribution in [0, 0.1) is 0 Å². The minimum absolute atomic E-state index is 0.185. The highest BCUT2D eigenvalue weighted by atomic mass is 32.2. The van der Waals surface area contributed by atoms with Crippen LogP contribution >= 0.6 is 0 Å². The summed E-state index contributed by atoms with van der Waals surface area (Å²) in [4.78, 5) is 4.27. The van der Waals surface area contributed by atoms with Crippen LogP contribution in [0.4, 0.5) is 5.69 Å². The van der Waals surface area contributed by atoms with Crippen molar-refractivity contribution in [3.05, 3.63) is 54.9 Å². The molecule has 1 heterocycles. The highest BCUT2D eigenvalue weighted by molar-refractivity contribution is 7.90. The van der Waals surface area contributed by atoms with E-state index in [-0.39, 0.29) is 4.90 Å². The summed E-state index contributed by atoms with van der Waals surface area (Å²) in [6, 6.07) is 13.2. The molecule has 1 aromatic heterocycles. The van der Waals surface area contributed by atoms with E-state index in [0.717, 1.165) is 0 Å². The molecule has 0 saturated heterocycles. The summed E-state index contributed by atoms with van der Waals surface area (Å²) < 4.78 is 26.2. The maximum Gasteiger partial charge on any atom is 0.269 e. The number of benzene rings is 2. The zero-order valence-electron chi connectivity index (χ0n) is 9.89. The zero-order valence-corrected chi connectivity index (χ0v) is 10.7. The number of fused-ring (bicyclic) bond motifs is 1. The highest BCUT2D eigenvalue weighted by Crippen LogP contribution is 2.20. The molecule has 5 nitrogen and oxygen atoms in total. The van der Waals surface area contributed by atoms with E-state index in [9.17, 15) is 8.42 Å². The van der Waals surface area contributed by atoms with Crippen molar-refractivity contribution in [3.8, 4) is 0 Å². The first-order valence-electron chi connectivity index (χ1n) is 5.62. The van der Waals surface area contributed by atoms with Gasteiger partial charge in [0.25, 0.3) is 10.0 Å². The molecule has 3 rings (SSSR count). The van der Waals surface area contributed by atoms with Gasteiger partial charge in [0.05, 0.1) is 15.9 Å². The first kappa shape index (κ1) is 11.7. The van der Waals surface area contributed by atoms with Crippen LogP contribution in [0.2, 0.25) is 0 Å². The topological polar surface area (TPSA) is 78.0 Å². The Morgan fingerprint density at radius 3 is 2.42 bits per heavy atom. The molecule has 19 heavy (non-hydrogen) atoms. The summed E-state index contributed by atoms with van der Waals surface area (Å²) >= 11 is 0. The Labute approximate surface area is 110 Å². The maximum absolute atomic E-state index is 12.5. The van der Waals surface area contributed by atoms with E-state index < -0.39 is 10.0 Å². The predicted octanol–water partition coefficient (Wildman–Crippen LogP) is 1.86. The molecular formula is C13H11N3O2S. The van der Waals surface area contributed by atoms with Crippen molar-refractivity contribution in [2.45, 2.75) is 4.90 Å². The number of imidazole rings is 1. The van der Waals surface area contributed by atoms with E-state index in [4.69, 9.17) is 5.73 Å². The average Bonchev–Trinajstić information content (AvgIpc) is 2.83. The van der Waals surface area contributed by atoms with Gasteiger partial charge >= 0.3 is 0 Å². The summed E-state index contributed by atoms with van der Waals surface area (Å²) in [7, 11) is -3.64. The van der Waals surface area contributed by atoms with Gasteiger partial charge in [0.1, 0.15) is 6.33 Å². The van der Waals surface area contributed by atoms with Gasteiger partial charge in [-0.2, -0.15) is 0 Å². The first-order chi connectivity index (χ1) is 9.09. The number of hydrogen-bond donors (Lipinski definition) is 1. The molecule has 2 aromatic carbocycles. The van der Waals surface area contributed by atoms with Crippen molar-refractivity contribution >= 4 is 26.7 Å². The minimum atomic E-state index is -3.64. The van der Waals surface area contributed by atoms with E-state index in [1.807, 2.05) is 6.07 Å². The van der Waals surface area contributed by atoms with E-state index >= 15 is 0 Å². The van der Waals surface area contributed by atoms with E-state index in [1.54, 1.807) is 30.3 Å². The standard InChI is InChI=1S/C13H11N3O2S/c14-10-5-7-11(8-6-10)19(17,18)16-9-15-12-3-1-2-4-13(12)16/h1-9H,14H2. The smallest absolute Gasteiger partial charge is 0.269 e. The van der Waals surface area contributed by atoms with Gasteiger partial charge in [0, 0.05) is 5.69 Å². The Bertz CT molecular complexity index is 836. The third-order valence-corrected chi connectivity index (χ3v) is 4.53. The quantitative estimate of drug-likeness (QED) is 0.723. The number of nitrogens with two attached hydrogens (primary N) is 1. The van der Waals surface area contributed by atoms with Crippen LogP contribution in [0.15, 0.2) is 59.8 Å². The number of hydrogen-bond acceptors (Lipinski definition) is 4. The molecule has 0 aliphatic rings. The highest BCUT2D eigenvalue weighted by Gasteiger charge is 2.18. The number of para-hydroxylation sites is 2. The van der Waals surface area contributed by atoms with Gasteiger partial charge in [-0.3, -0.25) is 0 Å². The van der Waals surface area contributed by atoms with E-state index in [0.29, 0.717) is 16.7 Å². The van der Waals surface area contributed by atoms with Crippen LogP contribution in [0.3, 0.4) is 0 Å².